The summed E-state index contributed by atoms with van der Waals surface area (Å²) in [6, 6.07) is 10.0. The van der Waals surface area contributed by atoms with E-state index < -0.39 is 0 Å². The van der Waals surface area contributed by atoms with Gasteiger partial charge in [0.05, 0.1) is 23.7 Å². The van der Waals surface area contributed by atoms with Crippen LogP contribution in [-0.4, -0.2) is 35.5 Å². The average Bonchev–Trinajstić information content (AvgIpc) is 3.24. The van der Waals surface area contributed by atoms with Crippen molar-refractivity contribution >= 4 is 11.3 Å². The van der Waals surface area contributed by atoms with Gasteiger partial charge < -0.3 is 9.73 Å². The SMILES string of the molecule is CN(C)C(CNCc1csc(-c2ccccn2)n1)c1ccco1. The van der Waals surface area contributed by atoms with Gasteiger partial charge in [-0.3, -0.25) is 9.88 Å². The molecule has 0 saturated heterocycles. The van der Waals surface area contributed by atoms with Gasteiger partial charge in [0.25, 0.3) is 0 Å². The number of rotatable bonds is 7. The van der Waals surface area contributed by atoms with Gasteiger partial charge in [-0.2, -0.15) is 0 Å². The highest BCUT2D eigenvalue weighted by molar-refractivity contribution is 7.13. The predicted octanol–water partition coefficient (Wildman–Crippen LogP) is 3.19. The summed E-state index contributed by atoms with van der Waals surface area (Å²) in [6.07, 6.45) is 3.51. The van der Waals surface area contributed by atoms with Crippen molar-refractivity contribution in [2.24, 2.45) is 0 Å². The average molecular weight is 328 g/mol. The van der Waals surface area contributed by atoms with E-state index in [0.29, 0.717) is 0 Å². The second-order valence-electron chi connectivity index (χ2n) is 5.48. The Hall–Kier alpha value is -2.02. The fourth-order valence-corrected chi connectivity index (χ4v) is 3.15. The smallest absolute Gasteiger partial charge is 0.142 e. The van der Waals surface area contributed by atoms with Crippen molar-refractivity contribution in [1.29, 1.82) is 0 Å². The first-order valence-corrected chi connectivity index (χ1v) is 8.38. The Bertz CT molecular complexity index is 709. The van der Waals surface area contributed by atoms with Crippen LogP contribution >= 0.6 is 11.3 Å². The first-order valence-electron chi connectivity index (χ1n) is 7.50. The van der Waals surface area contributed by atoms with Crippen LogP contribution in [0.25, 0.3) is 10.7 Å². The second-order valence-corrected chi connectivity index (χ2v) is 6.34. The zero-order valence-electron chi connectivity index (χ0n) is 13.3. The van der Waals surface area contributed by atoms with Crippen molar-refractivity contribution in [3.63, 3.8) is 0 Å². The van der Waals surface area contributed by atoms with Crippen LogP contribution in [-0.2, 0) is 6.54 Å². The molecule has 120 valence electrons. The van der Waals surface area contributed by atoms with Crippen LogP contribution in [0.2, 0.25) is 0 Å². The largest absolute Gasteiger partial charge is 0.468 e. The molecule has 0 aliphatic heterocycles. The second kappa shape index (κ2) is 7.50. The van der Waals surface area contributed by atoms with E-state index in [0.717, 1.165) is 35.2 Å². The fraction of sp³-hybridized carbons (Fsp3) is 0.294. The Kier molecular flexibility index (Phi) is 5.17. The van der Waals surface area contributed by atoms with Gasteiger partial charge in [0.2, 0.25) is 0 Å². The fourth-order valence-electron chi connectivity index (χ4n) is 2.35. The monoisotopic (exact) mass is 328 g/mol. The molecule has 23 heavy (non-hydrogen) atoms. The quantitative estimate of drug-likeness (QED) is 0.722. The van der Waals surface area contributed by atoms with Crippen molar-refractivity contribution in [3.8, 4) is 10.7 Å². The van der Waals surface area contributed by atoms with E-state index in [9.17, 15) is 0 Å². The highest BCUT2D eigenvalue weighted by atomic mass is 32.1. The van der Waals surface area contributed by atoms with E-state index in [2.05, 4.69) is 39.7 Å². The molecule has 1 N–H and O–H groups in total. The van der Waals surface area contributed by atoms with E-state index in [1.807, 2.05) is 30.3 Å². The summed E-state index contributed by atoms with van der Waals surface area (Å²) in [4.78, 5) is 11.1. The summed E-state index contributed by atoms with van der Waals surface area (Å²) in [7, 11) is 4.10. The number of aromatic nitrogens is 2. The molecule has 5 nitrogen and oxygen atoms in total. The third kappa shape index (κ3) is 4.04. The molecule has 6 heteroatoms. The molecule has 0 aliphatic carbocycles. The van der Waals surface area contributed by atoms with E-state index in [1.165, 1.54) is 0 Å². The molecule has 0 aliphatic rings. The summed E-state index contributed by atoms with van der Waals surface area (Å²) < 4.78 is 5.52. The van der Waals surface area contributed by atoms with Gasteiger partial charge in [-0.25, -0.2) is 4.98 Å². The van der Waals surface area contributed by atoms with E-state index in [1.54, 1.807) is 23.8 Å². The summed E-state index contributed by atoms with van der Waals surface area (Å²) in [5, 5.41) is 6.49. The molecule has 1 atom stereocenters. The van der Waals surface area contributed by atoms with Crippen molar-refractivity contribution in [1.82, 2.24) is 20.2 Å². The molecule has 0 bridgehead atoms. The van der Waals surface area contributed by atoms with E-state index in [-0.39, 0.29) is 6.04 Å². The molecule has 0 fully saturated rings. The topological polar surface area (TPSA) is 54.2 Å². The zero-order chi connectivity index (χ0) is 16.1. The third-order valence-corrected chi connectivity index (χ3v) is 4.49. The minimum absolute atomic E-state index is 0.207. The van der Waals surface area contributed by atoms with E-state index >= 15 is 0 Å². The molecule has 0 aromatic carbocycles. The van der Waals surface area contributed by atoms with Crippen molar-refractivity contribution in [2.45, 2.75) is 12.6 Å². The van der Waals surface area contributed by atoms with Crippen LogP contribution in [0.15, 0.2) is 52.6 Å². The molecule has 0 spiro atoms. The van der Waals surface area contributed by atoms with Crippen molar-refractivity contribution in [2.75, 3.05) is 20.6 Å². The Morgan fingerprint density at radius 1 is 1.26 bits per heavy atom. The Labute approximate surface area is 140 Å². The maximum atomic E-state index is 5.52. The third-order valence-electron chi connectivity index (χ3n) is 3.57. The Morgan fingerprint density at radius 3 is 2.87 bits per heavy atom. The minimum atomic E-state index is 0.207. The number of hydrogen-bond donors (Lipinski definition) is 1. The van der Waals surface area contributed by atoms with Crippen LogP contribution < -0.4 is 5.32 Å². The van der Waals surface area contributed by atoms with Crippen LogP contribution in [0.3, 0.4) is 0 Å². The molecular weight excluding hydrogens is 308 g/mol. The molecule has 3 rings (SSSR count). The van der Waals surface area contributed by atoms with Gasteiger partial charge in [0.15, 0.2) is 0 Å². The number of thiazole rings is 1. The van der Waals surface area contributed by atoms with Gasteiger partial charge in [0.1, 0.15) is 10.8 Å². The van der Waals surface area contributed by atoms with E-state index in [4.69, 9.17) is 4.42 Å². The first-order chi connectivity index (χ1) is 11.2. The lowest BCUT2D eigenvalue weighted by atomic mass is 10.2. The lowest BCUT2D eigenvalue weighted by Crippen LogP contribution is -2.30. The number of furan rings is 1. The standard InChI is InChI=1S/C17H20N4OS/c1-21(2)15(16-7-5-9-22-16)11-18-10-13-12-23-17(20-13)14-6-3-4-8-19-14/h3-9,12,15,18H,10-11H2,1-2H3. The zero-order valence-corrected chi connectivity index (χ0v) is 14.1. The van der Waals surface area contributed by atoms with Gasteiger partial charge in [-0.1, -0.05) is 6.07 Å². The van der Waals surface area contributed by atoms with Crippen LogP contribution in [0.1, 0.15) is 17.5 Å². The summed E-state index contributed by atoms with van der Waals surface area (Å²) in [6.45, 7) is 1.53. The first kappa shape index (κ1) is 15.9. The molecule has 0 saturated carbocycles. The Morgan fingerprint density at radius 2 is 2.17 bits per heavy atom. The normalized spacial score (nSPS) is 12.7. The maximum absolute atomic E-state index is 5.52. The summed E-state index contributed by atoms with van der Waals surface area (Å²) >= 11 is 1.62. The van der Waals surface area contributed by atoms with Gasteiger partial charge in [-0.05, 0) is 38.4 Å². The lowest BCUT2D eigenvalue weighted by molar-refractivity contribution is 0.250. The molecule has 1 unspecified atom stereocenters. The number of likely N-dealkylation sites (N-methyl/N-ethyl adjacent to an activating group) is 1. The summed E-state index contributed by atoms with van der Waals surface area (Å²) in [5.41, 5.74) is 1.96. The van der Waals surface area contributed by atoms with Gasteiger partial charge >= 0.3 is 0 Å². The number of pyridine rings is 1. The van der Waals surface area contributed by atoms with Gasteiger partial charge in [0, 0.05) is 24.7 Å². The molecule has 3 aromatic rings. The molecule has 3 heterocycles. The van der Waals surface area contributed by atoms with Crippen LogP contribution in [0.4, 0.5) is 0 Å². The Balaban J connectivity index is 1.57. The maximum Gasteiger partial charge on any atom is 0.142 e. The number of nitrogens with zero attached hydrogens (tertiary/aromatic N) is 3. The number of hydrogen-bond acceptors (Lipinski definition) is 6. The predicted molar refractivity (Wildman–Crippen MR) is 92.2 cm³/mol. The minimum Gasteiger partial charge on any atom is -0.468 e. The van der Waals surface area contributed by atoms with Crippen LogP contribution in [0.5, 0.6) is 0 Å². The van der Waals surface area contributed by atoms with Crippen molar-refractivity contribution < 1.29 is 4.42 Å². The molecule has 3 aromatic heterocycles. The highest BCUT2D eigenvalue weighted by Gasteiger charge is 2.16. The highest BCUT2D eigenvalue weighted by Crippen LogP contribution is 2.21. The molecular formula is C17H20N4OS. The molecule has 0 radical (unpaired) electrons. The molecule has 0 amide bonds. The number of nitrogens with one attached hydrogen (secondary N) is 1. The lowest BCUT2D eigenvalue weighted by Gasteiger charge is -2.22. The van der Waals surface area contributed by atoms with Crippen LogP contribution in [0, 0.1) is 0 Å². The van der Waals surface area contributed by atoms with Gasteiger partial charge in [-0.15, -0.1) is 11.3 Å². The summed E-state index contributed by atoms with van der Waals surface area (Å²) in [5.74, 6) is 0.968. The van der Waals surface area contributed by atoms with Crippen molar-refractivity contribution in [3.05, 3.63) is 59.6 Å².